The van der Waals surface area contributed by atoms with Crippen molar-refractivity contribution in [2.75, 3.05) is 0 Å². The summed E-state index contributed by atoms with van der Waals surface area (Å²) in [5, 5.41) is 0. The van der Waals surface area contributed by atoms with Gasteiger partial charge in [-0.2, -0.15) is 0 Å². The maximum Gasteiger partial charge on any atom is 0.0602 e. The summed E-state index contributed by atoms with van der Waals surface area (Å²) >= 11 is 0. The highest BCUT2D eigenvalue weighted by atomic mass is 28.4. The van der Waals surface area contributed by atoms with Crippen LogP contribution in [0.1, 0.15) is 51.4 Å². The Labute approximate surface area is 102 Å². The van der Waals surface area contributed by atoms with Gasteiger partial charge in [0, 0.05) is 9.52 Å². The van der Waals surface area contributed by atoms with Gasteiger partial charge in [0.15, 0.2) is 0 Å². The highest BCUT2D eigenvalue weighted by Gasteiger charge is 2.77. The standard InChI is InChI=1S/C14H24Si2/c1-2-10(1)14(11-3-4-11)15-9-16(14,12-5-6-12)13-7-8-13/h10-13H,1-9,15H2. The summed E-state index contributed by atoms with van der Waals surface area (Å²) in [7, 11) is -0.300. The minimum absolute atomic E-state index is 0.394. The molecule has 1 heterocycles. The van der Waals surface area contributed by atoms with E-state index in [1.807, 2.05) is 5.67 Å². The van der Waals surface area contributed by atoms with Crippen molar-refractivity contribution in [1.82, 2.24) is 0 Å². The summed E-state index contributed by atoms with van der Waals surface area (Å²) < 4.78 is 1.20. The summed E-state index contributed by atoms with van der Waals surface area (Å²) in [6.45, 7) is 0. The molecule has 0 unspecified atom stereocenters. The van der Waals surface area contributed by atoms with E-state index in [1.165, 1.54) is 27.6 Å². The number of rotatable bonds is 4. The maximum absolute atomic E-state index is 1.93. The summed E-state index contributed by atoms with van der Waals surface area (Å²) in [6, 6.07) is 0. The second-order valence-electron chi connectivity index (χ2n) is 7.68. The van der Waals surface area contributed by atoms with Crippen LogP contribution in [0.3, 0.4) is 0 Å². The smallest absolute Gasteiger partial charge is 0.0602 e. The zero-order valence-corrected chi connectivity index (χ0v) is 12.8. The average molecular weight is 249 g/mol. The van der Waals surface area contributed by atoms with E-state index in [9.17, 15) is 0 Å². The van der Waals surface area contributed by atoms with Crippen molar-refractivity contribution in [2.45, 2.75) is 72.8 Å². The first-order valence-electron chi connectivity index (χ1n) is 7.88. The van der Waals surface area contributed by atoms with Crippen LogP contribution >= 0.6 is 0 Å². The predicted octanol–water partition coefficient (Wildman–Crippen LogP) is 3.42. The highest BCUT2D eigenvalue weighted by molar-refractivity contribution is 7.06. The Hall–Kier alpha value is 0.434. The molecule has 1 aliphatic heterocycles. The summed E-state index contributed by atoms with van der Waals surface area (Å²) in [5.41, 5.74) is 4.68. The van der Waals surface area contributed by atoms with Gasteiger partial charge < -0.3 is 0 Å². The average Bonchev–Trinajstić information content (AvgIpc) is 2.93. The molecule has 0 aromatic carbocycles. The fraction of sp³-hybridized carbons (Fsp3) is 1.00. The van der Waals surface area contributed by atoms with Crippen LogP contribution in [-0.2, 0) is 0 Å². The first-order valence-corrected chi connectivity index (χ1v) is 11.9. The van der Waals surface area contributed by atoms with Crippen molar-refractivity contribution in [3.8, 4) is 0 Å². The topological polar surface area (TPSA) is 0 Å². The largest absolute Gasteiger partial charge is 0.0656 e. The molecule has 0 atom stereocenters. The number of hydrogen-bond acceptors (Lipinski definition) is 0. The minimum atomic E-state index is -0.694. The molecule has 0 radical (unpaired) electrons. The normalized spacial score (nSPS) is 42.0. The lowest BCUT2D eigenvalue weighted by molar-refractivity contribution is 0.521. The Morgan fingerprint density at radius 2 is 1.25 bits per heavy atom. The van der Waals surface area contributed by atoms with Gasteiger partial charge in [-0.3, -0.25) is 0 Å². The SMILES string of the molecule is C1CC1C1(C2CC2)[SiH2]C[Si]1(C1CC1)C1CC1. The molecule has 5 rings (SSSR count). The molecule has 4 saturated carbocycles. The molecule has 0 bridgehead atoms. The number of hydrogen-bond donors (Lipinski definition) is 0. The molecule has 2 heteroatoms. The van der Waals surface area contributed by atoms with Gasteiger partial charge in [0.1, 0.15) is 0 Å². The fourth-order valence-electron chi connectivity index (χ4n) is 6.10. The van der Waals surface area contributed by atoms with E-state index in [1.54, 1.807) is 51.4 Å². The Kier molecular flexibility index (Phi) is 1.59. The third-order valence-electron chi connectivity index (χ3n) is 7.04. The van der Waals surface area contributed by atoms with Gasteiger partial charge in [0.2, 0.25) is 0 Å². The van der Waals surface area contributed by atoms with Gasteiger partial charge in [0.25, 0.3) is 0 Å². The molecule has 88 valence electrons. The van der Waals surface area contributed by atoms with Crippen LogP contribution in [-0.4, -0.2) is 17.6 Å². The Balaban J connectivity index is 1.59. The Morgan fingerprint density at radius 1 is 0.750 bits per heavy atom. The van der Waals surface area contributed by atoms with Crippen LogP contribution < -0.4 is 0 Å². The molecular weight excluding hydrogens is 224 g/mol. The van der Waals surface area contributed by atoms with Gasteiger partial charge in [0.05, 0.1) is 8.07 Å². The molecule has 0 aromatic rings. The van der Waals surface area contributed by atoms with E-state index in [0.717, 1.165) is 0 Å². The molecule has 4 aliphatic carbocycles. The molecule has 0 spiro atoms. The van der Waals surface area contributed by atoms with Crippen LogP contribution in [0.5, 0.6) is 0 Å². The second-order valence-corrected chi connectivity index (χ2v) is 16.7. The molecule has 0 N–H and O–H groups in total. The van der Waals surface area contributed by atoms with Crippen LogP contribution in [0.4, 0.5) is 0 Å². The van der Waals surface area contributed by atoms with Crippen molar-refractivity contribution >= 4 is 17.6 Å². The van der Waals surface area contributed by atoms with Gasteiger partial charge >= 0.3 is 0 Å². The van der Waals surface area contributed by atoms with Crippen LogP contribution in [0.15, 0.2) is 0 Å². The van der Waals surface area contributed by atoms with E-state index in [-0.39, 0.29) is 0 Å². The van der Waals surface area contributed by atoms with E-state index in [2.05, 4.69) is 0 Å². The van der Waals surface area contributed by atoms with Crippen LogP contribution in [0.25, 0.3) is 0 Å². The summed E-state index contributed by atoms with van der Waals surface area (Å²) in [6.07, 6.45) is 13.5. The zero-order chi connectivity index (χ0) is 10.4. The fourth-order valence-corrected chi connectivity index (χ4v) is 25.0. The lowest BCUT2D eigenvalue weighted by Crippen LogP contribution is -2.65. The van der Waals surface area contributed by atoms with Crippen LogP contribution in [0.2, 0.25) is 21.4 Å². The molecule has 16 heavy (non-hydrogen) atoms. The third-order valence-corrected chi connectivity index (χ3v) is 22.7. The third kappa shape index (κ3) is 0.947. The van der Waals surface area contributed by atoms with Gasteiger partial charge in [-0.15, -0.1) is 0 Å². The Bertz CT molecular complexity index is 277. The van der Waals surface area contributed by atoms with E-state index < -0.39 is 8.07 Å². The van der Waals surface area contributed by atoms with E-state index in [4.69, 9.17) is 0 Å². The van der Waals surface area contributed by atoms with Gasteiger partial charge in [-0.05, 0) is 27.6 Å². The molecule has 0 amide bonds. The minimum Gasteiger partial charge on any atom is -0.0656 e. The zero-order valence-electron chi connectivity index (χ0n) is 10.4. The lowest BCUT2D eigenvalue weighted by atomic mass is 10.2. The monoisotopic (exact) mass is 248 g/mol. The van der Waals surface area contributed by atoms with Gasteiger partial charge in [-0.1, -0.05) is 57.0 Å². The van der Waals surface area contributed by atoms with Crippen LogP contribution in [0, 0.1) is 11.8 Å². The summed E-state index contributed by atoms with van der Waals surface area (Å²) in [4.78, 5) is 0. The van der Waals surface area contributed by atoms with E-state index in [0.29, 0.717) is 9.52 Å². The first-order chi connectivity index (χ1) is 7.88. The first kappa shape index (κ1) is 9.38. The van der Waals surface area contributed by atoms with E-state index >= 15 is 0 Å². The van der Waals surface area contributed by atoms with Crippen molar-refractivity contribution < 1.29 is 0 Å². The Morgan fingerprint density at radius 3 is 1.50 bits per heavy atom. The summed E-state index contributed by atoms with van der Waals surface area (Å²) in [5.74, 6) is 2.65. The molecule has 1 saturated heterocycles. The molecule has 0 aromatic heterocycles. The highest BCUT2D eigenvalue weighted by Crippen LogP contribution is 2.82. The lowest BCUT2D eigenvalue weighted by Gasteiger charge is -2.61. The molecular formula is C14H24Si2. The molecule has 5 aliphatic rings. The maximum atomic E-state index is 1.93. The molecule has 0 nitrogen and oxygen atoms in total. The van der Waals surface area contributed by atoms with Crippen molar-refractivity contribution in [3.05, 3.63) is 0 Å². The predicted molar refractivity (Wildman–Crippen MR) is 73.2 cm³/mol. The quantitative estimate of drug-likeness (QED) is 0.669. The van der Waals surface area contributed by atoms with Crippen molar-refractivity contribution in [3.63, 3.8) is 0 Å². The van der Waals surface area contributed by atoms with Crippen molar-refractivity contribution in [1.29, 1.82) is 0 Å². The van der Waals surface area contributed by atoms with Gasteiger partial charge in [-0.25, -0.2) is 0 Å². The molecule has 5 fully saturated rings. The second kappa shape index (κ2) is 2.71. The van der Waals surface area contributed by atoms with Crippen molar-refractivity contribution in [2.24, 2.45) is 11.8 Å².